The number of nitrogens with zero attached hydrogens (tertiary/aromatic N) is 2. The van der Waals surface area contributed by atoms with Crippen molar-refractivity contribution < 1.29 is 9.13 Å². The Hall–Kier alpha value is -2.07. The van der Waals surface area contributed by atoms with Gasteiger partial charge in [0.25, 0.3) is 0 Å². The van der Waals surface area contributed by atoms with Crippen LogP contribution in [0.15, 0.2) is 42.5 Å². The Morgan fingerprint density at radius 2 is 1.81 bits per heavy atom. The fourth-order valence-corrected chi connectivity index (χ4v) is 4.39. The lowest BCUT2D eigenvalue weighted by atomic mass is 10.0. The Morgan fingerprint density at radius 1 is 1.04 bits per heavy atom. The predicted molar refractivity (Wildman–Crippen MR) is 104 cm³/mol. The molecule has 4 rings (SSSR count). The average molecular weight is 354 g/mol. The van der Waals surface area contributed by atoms with E-state index in [-0.39, 0.29) is 5.82 Å². The van der Waals surface area contributed by atoms with Crippen LogP contribution < -0.4 is 9.64 Å². The van der Waals surface area contributed by atoms with Gasteiger partial charge in [0, 0.05) is 43.5 Å². The number of fused-ring (bicyclic) bond motifs is 1. The van der Waals surface area contributed by atoms with E-state index < -0.39 is 0 Å². The monoisotopic (exact) mass is 354 g/mol. The van der Waals surface area contributed by atoms with E-state index in [1.807, 2.05) is 12.1 Å². The van der Waals surface area contributed by atoms with Crippen molar-refractivity contribution in [3.63, 3.8) is 0 Å². The van der Waals surface area contributed by atoms with Gasteiger partial charge in [0.05, 0.1) is 7.11 Å². The minimum absolute atomic E-state index is 0.155. The van der Waals surface area contributed by atoms with Gasteiger partial charge >= 0.3 is 0 Å². The molecule has 0 unspecified atom stereocenters. The molecule has 2 aromatic rings. The highest BCUT2D eigenvalue weighted by atomic mass is 19.1. The minimum atomic E-state index is -0.155. The number of benzene rings is 2. The standard InChI is InChI=1S/C22H27FN2O/c1-26-22-4-2-3-21-20(22)12-16-25(21)19-10-14-24(15-11-19)13-9-17-5-7-18(23)8-6-17/h2-8,19H,9-16H2,1H3. The molecule has 0 N–H and O–H groups in total. The first kappa shape index (κ1) is 17.3. The van der Waals surface area contributed by atoms with Crippen molar-refractivity contribution in [1.82, 2.24) is 4.90 Å². The Morgan fingerprint density at radius 3 is 2.54 bits per heavy atom. The Balaban J connectivity index is 1.31. The third-order valence-corrected chi connectivity index (χ3v) is 5.87. The van der Waals surface area contributed by atoms with Crippen LogP contribution >= 0.6 is 0 Å². The smallest absolute Gasteiger partial charge is 0.124 e. The molecule has 3 nitrogen and oxygen atoms in total. The number of rotatable bonds is 5. The van der Waals surface area contributed by atoms with Gasteiger partial charge in [0.2, 0.25) is 0 Å². The lowest BCUT2D eigenvalue weighted by molar-refractivity contribution is 0.212. The number of methoxy groups -OCH3 is 1. The van der Waals surface area contributed by atoms with Crippen LogP contribution in [0.25, 0.3) is 0 Å². The summed E-state index contributed by atoms with van der Waals surface area (Å²) in [6, 6.07) is 14.0. The molecular formula is C22H27FN2O. The van der Waals surface area contributed by atoms with Crippen LogP contribution in [0.1, 0.15) is 24.0 Å². The predicted octanol–water partition coefficient (Wildman–Crippen LogP) is 3.90. The van der Waals surface area contributed by atoms with E-state index in [1.54, 1.807) is 19.2 Å². The molecule has 138 valence electrons. The zero-order valence-electron chi connectivity index (χ0n) is 15.5. The fourth-order valence-electron chi connectivity index (χ4n) is 4.39. The average Bonchev–Trinajstić information content (AvgIpc) is 3.12. The quantitative estimate of drug-likeness (QED) is 0.810. The Kier molecular flexibility index (Phi) is 5.11. The lowest BCUT2D eigenvalue weighted by Gasteiger charge is -2.38. The van der Waals surface area contributed by atoms with Crippen molar-refractivity contribution in [3.05, 3.63) is 59.4 Å². The third kappa shape index (κ3) is 3.56. The number of hydrogen-bond acceptors (Lipinski definition) is 3. The number of hydrogen-bond donors (Lipinski definition) is 0. The molecule has 0 bridgehead atoms. The van der Waals surface area contributed by atoms with Crippen molar-refractivity contribution in [3.8, 4) is 5.75 Å². The fraction of sp³-hybridized carbons (Fsp3) is 0.455. The van der Waals surface area contributed by atoms with Crippen LogP contribution in [0.3, 0.4) is 0 Å². The first-order chi connectivity index (χ1) is 12.7. The van der Waals surface area contributed by atoms with Gasteiger partial charge in [-0.3, -0.25) is 0 Å². The molecule has 0 atom stereocenters. The number of ether oxygens (including phenoxy) is 1. The largest absolute Gasteiger partial charge is 0.496 e. The van der Waals surface area contributed by atoms with Gasteiger partial charge in [-0.2, -0.15) is 0 Å². The van der Waals surface area contributed by atoms with Gasteiger partial charge in [-0.1, -0.05) is 18.2 Å². The van der Waals surface area contributed by atoms with Crippen LogP contribution in [-0.4, -0.2) is 44.2 Å². The van der Waals surface area contributed by atoms with Crippen LogP contribution in [0, 0.1) is 5.82 Å². The SMILES string of the molecule is COc1cccc2c1CCN2C1CCN(CCc2ccc(F)cc2)CC1. The maximum Gasteiger partial charge on any atom is 0.124 e. The van der Waals surface area contributed by atoms with E-state index >= 15 is 0 Å². The summed E-state index contributed by atoms with van der Waals surface area (Å²) in [4.78, 5) is 5.14. The highest BCUT2D eigenvalue weighted by Gasteiger charge is 2.30. The summed E-state index contributed by atoms with van der Waals surface area (Å²) in [5.41, 5.74) is 3.96. The molecule has 0 saturated carbocycles. The highest BCUT2D eigenvalue weighted by Crippen LogP contribution is 2.37. The molecule has 0 radical (unpaired) electrons. The van der Waals surface area contributed by atoms with Gasteiger partial charge in [0.1, 0.15) is 11.6 Å². The molecule has 2 aromatic carbocycles. The normalized spacial score (nSPS) is 18.2. The zero-order valence-corrected chi connectivity index (χ0v) is 15.5. The first-order valence-corrected chi connectivity index (χ1v) is 9.64. The van der Waals surface area contributed by atoms with E-state index in [9.17, 15) is 4.39 Å². The van der Waals surface area contributed by atoms with Gasteiger partial charge in [-0.25, -0.2) is 4.39 Å². The molecule has 2 heterocycles. The maximum atomic E-state index is 13.0. The molecule has 2 aliphatic rings. The lowest BCUT2D eigenvalue weighted by Crippen LogP contribution is -2.44. The van der Waals surface area contributed by atoms with Gasteiger partial charge in [0.15, 0.2) is 0 Å². The van der Waals surface area contributed by atoms with Crippen molar-refractivity contribution in [2.45, 2.75) is 31.7 Å². The minimum Gasteiger partial charge on any atom is -0.496 e. The molecule has 1 saturated heterocycles. The van der Waals surface area contributed by atoms with E-state index in [4.69, 9.17) is 4.74 Å². The second kappa shape index (κ2) is 7.67. The summed E-state index contributed by atoms with van der Waals surface area (Å²) >= 11 is 0. The zero-order chi connectivity index (χ0) is 17.9. The highest BCUT2D eigenvalue weighted by molar-refractivity contribution is 5.63. The van der Waals surface area contributed by atoms with Gasteiger partial charge in [-0.15, -0.1) is 0 Å². The maximum absolute atomic E-state index is 13.0. The van der Waals surface area contributed by atoms with Crippen molar-refractivity contribution in [2.75, 3.05) is 38.2 Å². The topological polar surface area (TPSA) is 15.7 Å². The third-order valence-electron chi connectivity index (χ3n) is 5.87. The second-order valence-electron chi connectivity index (χ2n) is 7.35. The summed E-state index contributed by atoms with van der Waals surface area (Å²) in [7, 11) is 1.76. The van der Waals surface area contributed by atoms with Crippen LogP contribution in [0.5, 0.6) is 5.75 Å². The summed E-state index contributed by atoms with van der Waals surface area (Å²) in [6.07, 6.45) is 4.50. The van der Waals surface area contributed by atoms with Crippen molar-refractivity contribution in [1.29, 1.82) is 0 Å². The van der Waals surface area contributed by atoms with E-state index in [0.29, 0.717) is 6.04 Å². The van der Waals surface area contributed by atoms with Crippen molar-refractivity contribution >= 4 is 5.69 Å². The number of likely N-dealkylation sites (tertiary alicyclic amines) is 1. The molecule has 0 amide bonds. The van der Waals surface area contributed by atoms with E-state index in [0.717, 1.165) is 44.8 Å². The summed E-state index contributed by atoms with van der Waals surface area (Å²) in [5, 5.41) is 0. The summed E-state index contributed by atoms with van der Waals surface area (Å²) < 4.78 is 18.5. The first-order valence-electron chi connectivity index (χ1n) is 9.64. The van der Waals surface area contributed by atoms with Crippen LogP contribution in [-0.2, 0) is 12.8 Å². The summed E-state index contributed by atoms with van der Waals surface area (Å²) in [6.45, 7) is 4.45. The van der Waals surface area contributed by atoms with E-state index in [2.05, 4.69) is 28.0 Å². The Labute approximate surface area is 155 Å². The number of piperidine rings is 1. The molecule has 2 aliphatic heterocycles. The number of halogens is 1. The molecule has 0 aromatic heterocycles. The molecular weight excluding hydrogens is 327 g/mol. The number of anilines is 1. The Bertz CT molecular complexity index is 738. The van der Waals surface area contributed by atoms with Crippen molar-refractivity contribution in [2.24, 2.45) is 0 Å². The molecule has 26 heavy (non-hydrogen) atoms. The second-order valence-corrected chi connectivity index (χ2v) is 7.35. The molecule has 1 fully saturated rings. The van der Waals surface area contributed by atoms with Crippen LogP contribution in [0.2, 0.25) is 0 Å². The van der Waals surface area contributed by atoms with Crippen LogP contribution in [0.4, 0.5) is 10.1 Å². The molecule has 4 heteroatoms. The molecule has 0 aliphatic carbocycles. The van der Waals surface area contributed by atoms with Gasteiger partial charge in [-0.05, 0) is 55.5 Å². The van der Waals surface area contributed by atoms with E-state index in [1.165, 1.54) is 29.7 Å². The van der Waals surface area contributed by atoms with Gasteiger partial charge < -0.3 is 14.5 Å². The molecule has 0 spiro atoms. The summed E-state index contributed by atoms with van der Waals surface area (Å²) in [5.74, 6) is 0.874.